The summed E-state index contributed by atoms with van der Waals surface area (Å²) in [5.41, 5.74) is 0.662. The van der Waals surface area contributed by atoms with Crippen LogP contribution < -0.4 is 10.6 Å². The van der Waals surface area contributed by atoms with Crippen LogP contribution in [0.1, 0.15) is 26.2 Å². The highest BCUT2D eigenvalue weighted by Gasteiger charge is 2.16. The zero-order valence-electron chi connectivity index (χ0n) is 12.6. The minimum Gasteiger partial charge on any atom is -0.324 e. The van der Waals surface area contributed by atoms with E-state index < -0.39 is 0 Å². The molecule has 0 spiro atoms. The van der Waals surface area contributed by atoms with Crippen LogP contribution in [0.15, 0.2) is 24.3 Å². The molecule has 1 aliphatic heterocycles. The quantitative estimate of drug-likeness (QED) is 0.849. The summed E-state index contributed by atoms with van der Waals surface area (Å²) in [5.74, 6) is -0.0612. The molecule has 2 N–H and O–H groups in total. The van der Waals surface area contributed by atoms with E-state index in [1.54, 1.807) is 12.1 Å². The van der Waals surface area contributed by atoms with Crippen LogP contribution >= 0.6 is 11.6 Å². The highest BCUT2D eigenvalue weighted by Crippen LogP contribution is 2.20. The summed E-state index contributed by atoms with van der Waals surface area (Å²) in [5, 5.41) is 6.60. The van der Waals surface area contributed by atoms with Gasteiger partial charge >= 0.3 is 0 Å². The summed E-state index contributed by atoms with van der Waals surface area (Å²) in [4.78, 5) is 14.4. The number of amides is 1. The van der Waals surface area contributed by atoms with Gasteiger partial charge in [0.15, 0.2) is 0 Å². The molecule has 0 radical (unpaired) electrons. The van der Waals surface area contributed by atoms with Crippen LogP contribution in [0, 0.1) is 0 Å². The molecule has 1 atom stereocenters. The van der Waals surface area contributed by atoms with Gasteiger partial charge in [0, 0.05) is 12.6 Å². The predicted octanol–water partition coefficient (Wildman–Crippen LogP) is 2.74. The van der Waals surface area contributed by atoms with Gasteiger partial charge < -0.3 is 10.6 Å². The van der Waals surface area contributed by atoms with Crippen molar-refractivity contribution < 1.29 is 4.79 Å². The molecule has 2 rings (SSSR count). The second kappa shape index (κ2) is 8.37. The number of likely N-dealkylation sites (tertiary alicyclic amines) is 1. The van der Waals surface area contributed by atoms with Gasteiger partial charge in [-0.15, -0.1) is 0 Å². The van der Waals surface area contributed by atoms with Crippen molar-refractivity contribution in [3.05, 3.63) is 29.3 Å². The van der Waals surface area contributed by atoms with Gasteiger partial charge in [-0.3, -0.25) is 9.69 Å². The van der Waals surface area contributed by atoms with E-state index in [4.69, 9.17) is 11.6 Å². The lowest BCUT2D eigenvalue weighted by Crippen LogP contribution is -2.44. The van der Waals surface area contributed by atoms with Crippen molar-refractivity contribution in [1.82, 2.24) is 10.2 Å². The predicted molar refractivity (Wildman–Crippen MR) is 87.8 cm³/mol. The molecule has 21 heavy (non-hydrogen) atoms. The molecule has 1 unspecified atom stereocenters. The van der Waals surface area contributed by atoms with E-state index in [0.29, 0.717) is 23.3 Å². The highest BCUT2D eigenvalue weighted by atomic mass is 35.5. The summed E-state index contributed by atoms with van der Waals surface area (Å²) in [6.45, 7) is 5.70. The minimum absolute atomic E-state index is 0.0612. The smallest absolute Gasteiger partial charge is 0.238 e. The van der Waals surface area contributed by atoms with Crippen LogP contribution in [0.3, 0.4) is 0 Å². The summed E-state index contributed by atoms with van der Waals surface area (Å²) in [6.07, 6.45) is 3.92. The van der Waals surface area contributed by atoms with Gasteiger partial charge in [0.25, 0.3) is 0 Å². The Bertz CT molecular complexity index is 461. The number of anilines is 1. The van der Waals surface area contributed by atoms with Gasteiger partial charge in [-0.25, -0.2) is 0 Å². The molecule has 116 valence electrons. The molecule has 0 bridgehead atoms. The third kappa shape index (κ3) is 5.30. The van der Waals surface area contributed by atoms with E-state index >= 15 is 0 Å². The topological polar surface area (TPSA) is 44.4 Å². The number of nitrogens with zero attached hydrogens (tertiary/aromatic N) is 1. The van der Waals surface area contributed by atoms with E-state index in [2.05, 4.69) is 22.5 Å². The van der Waals surface area contributed by atoms with Crippen molar-refractivity contribution in [1.29, 1.82) is 0 Å². The molecule has 1 amide bonds. The van der Waals surface area contributed by atoms with Crippen molar-refractivity contribution in [2.75, 3.05) is 31.5 Å². The van der Waals surface area contributed by atoms with Crippen LogP contribution in [0.4, 0.5) is 5.69 Å². The number of carbonyl (C=O) groups is 1. The third-order valence-corrected chi connectivity index (χ3v) is 4.22. The number of hydrogen-bond donors (Lipinski definition) is 2. The van der Waals surface area contributed by atoms with E-state index in [1.807, 2.05) is 12.1 Å². The largest absolute Gasteiger partial charge is 0.324 e. The molecule has 1 aromatic rings. The third-order valence-electron chi connectivity index (χ3n) is 3.89. The fourth-order valence-electron chi connectivity index (χ4n) is 2.64. The number of halogens is 1. The average molecular weight is 310 g/mol. The van der Waals surface area contributed by atoms with Crippen molar-refractivity contribution in [2.24, 2.45) is 0 Å². The number of benzene rings is 1. The number of rotatable bonds is 6. The minimum atomic E-state index is -0.0612. The summed E-state index contributed by atoms with van der Waals surface area (Å²) >= 11 is 6.01. The van der Waals surface area contributed by atoms with E-state index in [1.165, 1.54) is 32.4 Å². The molecule has 1 saturated heterocycles. The fraction of sp³-hybridized carbons (Fsp3) is 0.562. The molecule has 0 aromatic heterocycles. The van der Waals surface area contributed by atoms with Gasteiger partial charge in [-0.05, 0) is 45.0 Å². The maximum absolute atomic E-state index is 11.9. The van der Waals surface area contributed by atoms with Gasteiger partial charge in [0.2, 0.25) is 5.91 Å². The molecule has 1 fully saturated rings. The van der Waals surface area contributed by atoms with Crippen molar-refractivity contribution in [3.8, 4) is 0 Å². The van der Waals surface area contributed by atoms with Crippen molar-refractivity contribution in [3.63, 3.8) is 0 Å². The Morgan fingerprint density at radius 3 is 2.71 bits per heavy atom. The van der Waals surface area contributed by atoms with Crippen molar-refractivity contribution in [2.45, 2.75) is 32.2 Å². The molecule has 1 aromatic carbocycles. The Kier molecular flexibility index (Phi) is 6.49. The molecular weight excluding hydrogens is 286 g/mol. The lowest BCUT2D eigenvalue weighted by atomic mass is 10.1. The highest BCUT2D eigenvalue weighted by molar-refractivity contribution is 6.33. The fourth-order valence-corrected chi connectivity index (χ4v) is 2.82. The monoisotopic (exact) mass is 309 g/mol. The number of nitrogens with one attached hydrogen (secondary N) is 2. The van der Waals surface area contributed by atoms with Crippen molar-refractivity contribution >= 4 is 23.2 Å². The first-order chi connectivity index (χ1) is 10.2. The van der Waals surface area contributed by atoms with E-state index in [-0.39, 0.29) is 5.91 Å². The zero-order valence-corrected chi connectivity index (χ0v) is 13.3. The average Bonchev–Trinajstić information content (AvgIpc) is 2.50. The Balaban J connectivity index is 1.68. The maximum Gasteiger partial charge on any atom is 0.238 e. The van der Waals surface area contributed by atoms with Gasteiger partial charge in [0.1, 0.15) is 0 Å². The molecule has 1 heterocycles. The Labute approximate surface area is 131 Å². The summed E-state index contributed by atoms with van der Waals surface area (Å²) < 4.78 is 0. The van der Waals surface area contributed by atoms with Gasteiger partial charge in [-0.1, -0.05) is 30.2 Å². The van der Waals surface area contributed by atoms with E-state index in [9.17, 15) is 4.79 Å². The maximum atomic E-state index is 11.9. The first-order valence-electron chi connectivity index (χ1n) is 7.66. The zero-order chi connectivity index (χ0) is 15.1. The molecule has 5 heteroatoms. The molecule has 4 nitrogen and oxygen atoms in total. The molecule has 0 aliphatic carbocycles. The molecular formula is C16H24ClN3O. The molecule has 1 aliphatic rings. The second-order valence-electron chi connectivity index (χ2n) is 5.60. The number of para-hydroxylation sites is 1. The lowest BCUT2D eigenvalue weighted by molar-refractivity contribution is -0.115. The van der Waals surface area contributed by atoms with Crippen LogP contribution in [0.2, 0.25) is 5.02 Å². The molecule has 0 saturated carbocycles. The lowest BCUT2D eigenvalue weighted by Gasteiger charge is -2.32. The van der Waals surface area contributed by atoms with E-state index in [0.717, 1.165) is 6.54 Å². The Morgan fingerprint density at radius 1 is 1.29 bits per heavy atom. The standard InChI is InChI=1S/C16H24ClN3O/c1-13(20-9-5-2-6-10-20)11-18-12-16(21)19-15-8-4-3-7-14(15)17/h3-4,7-8,13,18H,2,5-6,9-12H2,1H3,(H,19,21). The first kappa shape index (κ1) is 16.3. The van der Waals surface area contributed by atoms with Crippen LogP contribution in [0.25, 0.3) is 0 Å². The van der Waals surface area contributed by atoms with Crippen LogP contribution in [-0.4, -0.2) is 43.0 Å². The SMILES string of the molecule is CC(CNCC(=O)Nc1ccccc1Cl)N1CCCCC1. The van der Waals surface area contributed by atoms with Crippen LogP contribution in [0.5, 0.6) is 0 Å². The summed E-state index contributed by atoms with van der Waals surface area (Å²) in [7, 11) is 0. The first-order valence-corrected chi connectivity index (χ1v) is 8.04. The second-order valence-corrected chi connectivity index (χ2v) is 6.01. The summed E-state index contributed by atoms with van der Waals surface area (Å²) in [6, 6.07) is 7.74. The number of hydrogen-bond acceptors (Lipinski definition) is 3. The number of carbonyl (C=O) groups excluding carboxylic acids is 1. The van der Waals surface area contributed by atoms with Crippen LogP contribution in [-0.2, 0) is 4.79 Å². The normalized spacial score (nSPS) is 17.4. The number of piperidine rings is 1. The van der Waals surface area contributed by atoms with Gasteiger partial charge in [-0.2, -0.15) is 0 Å². The van der Waals surface area contributed by atoms with Gasteiger partial charge in [0.05, 0.1) is 17.3 Å². The Hall–Kier alpha value is -1.10. The Morgan fingerprint density at radius 2 is 2.00 bits per heavy atom.